The van der Waals surface area contributed by atoms with Crippen molar-refractivity contribution in [3.63, 3.8) is 0 Å². The van der Waals surface area contributed by atoms with Gasteiger partial charge in [0.15, 0.2) is 6.10 Å². The molecule has 2 aromatic heterocycles. The lowest BCUT2D eigenvalue weighted by atomic mass is 10.3. The van der Waals surface area contributed by atoms with Gasteiger partial charge in [0.1, 0.15) is 11.8 Å². The molecular formula is C19H20N4O6S. The Morgan fingerprint density at radius 1 is 1.17 bits per heavy atom. The summed E-state index contributed by atoms with van der Waals surface area (Å²) in [5.41, 5.74) is 0.645. The summed E-state index contributed by atoms with van der Waals surface area (Å²) in [7, 11) is -2.45. The van der Waals surface area contributed by atoms with Gasteiger partial charge in [-0.25, -0.2) is 8.42 Å². The number of pyridine rings is 1. The molecule has 0 spiro atoms. The van der Waals surface area contributed by atoms with E-state index in [-0.39, 0.29) is 10.8 Å². The van der Waals surface area contributed by atoms with Crippen molar-refractivity contribution in [1.29, 1.82) is 0 Å². The van der Waals surface area contributed by atoms with Gasteiger partial charge in [-0.15, -0.1) is 0 Å². The third-order valence-electron chi connectivity index (χ3n) is 4.06. The van der Waals surface area contributed by atoms with Crippen molar-refractivity contribution in [2.24, 2.45) is 0 Å². The fourth-order valence-electron chi connectivity index (χ4n) is 2.44. The average Bonchev–Trinajstić information content (AvgIpc) is 3.24. The molecule has 2 atom stereocenters. The third-order valence-corrected chi connectivity index (χ3v) is 5.61. The molecule has 0 saturated carbocycles. The molecule has 3 aromatic rings. The average molecular weight is 432 g/mol. The van der Waals surface area contributed by atoms with Crippen molar-refractivity contribution in [3.05, 3.63) is 54.7 Å². The lowest BCUT2D eigenvalue weighted by Crippen LogP contribution is -2.39. The Morgan fingerprint density at radius 2 is 1.90 bits per heavy atom. The molecule has 0 aliphatic carbocycles. The first-order chi connectivity index (χ1) is 14.3. The summed E-state index contributed by atoms with van der Waals surface area (Å²) in [5, 5.41) is 3.83. The Labute approximate surface area is 173 Å². The van der Waals surface area contributed by atoms with Crippen molar-refractivity contribution in [2.75, 3.05) is 7.11 Å². The molecule has 158 valence electrons. The van der Waals surface area contributed by atoms with Gasteiger partial charge in [-0.05, 0) is 50.2 Å². The van der Waals surface area contributed by atoms with E-state index in [1.54, 1.807) is 31.5 Å². The fourth-order valence-corrected chi connectivity index (χ4v) is 3.64. The number of hydrogen-bond donors (Lipinski definition) is 1. The van der Waals surface area contributed by atoms with Crippen molar-refractivity contribution in [3.8, 4) is 17.1 Å². The van der Waals surface area contributed by atoms with Crippen LogP contribution in [-0.4, -0.2) is 42.7 Å². The van der Waals surface area contributed by atoms with Crippen LogP contribution in [0.1, 0.15) is 25.8 Å². The van der Waals surface area contributed by atoms with Crippen LogP contribution >= 0.6 is 0 Å². The van der Waals surface area contributed by atoms with Crippen molar-refractivity contribution < 1.29 is 27.2 Å². The van der Waals surface area contributed by atoms with Gasteiger partial charge in [0, 0.05) is 18.0 Å². The minimum absolute atomic E-state index is 0.00554. The van der Waals surface area contributed by atoms with Gasteiger partial charge >= 0.3 is 5.97 Å². The number of rotatable bonds is 8. The Hall–Kier alpha value is -3.31. The maximum atomic E-state index is 12.5. The largest absolute Gasteiger partial charge is 0.497 e. The number of hydrogen-bond acceptors (Lipinski definition) is 9. The van der Waals surface area contributed by atoms with Crippen LogP contribution in [0, 0.1) is 0 Å². The highest BCUT2D eigenvalue weighted by Gasteiger charge is 2.26. The van der Waals surface area contributed by atoms with Gasteiger partial charge in [-0.1, -0.05) is 5.16 Å². The molecule has 0 bridgehead atoms. The van der Waals surface area contributed by atoms with E-state index in [0.717, 1.165) is 0 Å². The Bertz CT molecular complexity index is 1100. The molecule has 2 heterocycles. The first kappa shape index (κ1) is 21.4. The lowest BCUT2D eigenvalue weighted by molar-refractivity contribution is -0.151. The molecule has 0 saturated heterocycles. The number of carbonyl (C=O) groups excluding carboxylic acids is 1. The van der Waals surface area contributed by atoms with Crippen molar-refractivity contribution >= 4 is 16.0 Å². The van der Waals surface area contributed by atoms with Gasteiger partial charge in [-0.2, -0.15) is 9.71 Å². The molecule has 1 unspecified atom stereocenters. The first-order valence-electron chi connectivity index (χ1n) is 8.91. The van der Waals surface area contributed by atoms with Crippen LogP contribution in [0.15, 0.2) is 58.2 Å². The standard InChI is InChI=1S/C19H20N4O6S/c1-12(23-30(25,26)16-8-6-15(27-3)7-9-16)19(24)28-13(2)18-21-17(22-29-18)14-5-4-10-20-11-14/h4-13,23H,1-3H3/t12-,13?/m0/s1. The minimum Gasteiger partial charge on any atom is -0.497 e. The molecule has 0 radical (unpaired) electrons. The van der Waals surface area contributed by atoms with E-state index in [1.165, 1.54) is 38.3 Å². The highest BCUT2D eigenvalue weighted by Crippen LogP contribution is 2.21. The Kier molecular flexibility index (Phi) is 6.43. The van der Waals surface area contributed by atoms with E-state index in [4.69, 9.17) is 14.0 Å². The molecule has 1 aromatic carbocycles. The molecular weight excluding hydrogens is 412 g/mol. The van der Waals surface area contributed by atoms with Crippen molar-refractivity contribution in [2.45, 2.75) is 30.9 Å². The summed E-state index contributed by atoms with van der Waals surface area (Å²) < 4.78 is 42.6. The molecule has 10 nitrogen and oxygen atoms in total. The molecule has 30 heavy (non-hydrogen) atoms. The number of nitrogens with zero attached hydrogens (tertiary/aromatic N) is 3. The molecule has 3 rings (SSSR count). The van der Waals surface area contributed by atoms with Crippen LogP contribution in [-0.2, 0) is 19.6 Å². The summed E-state index contributed by atoms with van der Waals surface area (Å²) in [6.45, 7) is 2.92. The van der Waals surface area contributed by atoms with Crippen LogP contribution in [0.3, 0.4) is 0 Å². The zero-order chi connectivity index (χ0) is 21.7. The molecule has 0 amide bonds. The van der Waals surface area contributed by atoms with E-state index in [9.17, 15) is 13.2 Å². The minimum atomic E-state index is -3.93. The first-order valence-corrected chi connectivity index (χ1v) is 10.4. The normalized spacial score (nSPS) is 13.4. The topological polar surface area (TPSA) is 134 Å². The van der Waals surface area contributed by atoms with Gasteiger partial charge in [0.2, 0.25) is 15.8 Å². The van der Waals surface area contributed by atoms with Gasteiger partial charge in [0.05, 0.1) is 12.0 Å². The number of benzene rings is 1. The Morgan fingerprint density at radius 3 is 2.53 bits per heavy atom. The predicted octanol–water partition coefficient (Wildman–Crippen LogP) is 2.11. The quantitative estimate of drug-likeness (QED) is 0.531. The highest BCUT2D eigenvalue weighted by atomic mass is 32.2. The SMILES string of the molecule is COc1ccc(S(=O)(=O)N[C@@H](C)C(=O)OC(C)c2nc(-c3cccnc3)no2)cc1. The number of ether oxygens (including phenoxy) is 2. The maximum absolute atomic E-state index is 12.5. The highest BCUT2D eigenvalue weighted by molar-refractivity contribution is 7.89. The van der Waals surface area contributed by atoms with Gasteiger partial charge < -0.3 is 14.0 Å². The molecule has 0 fully saturated rings. The second kappa shape index (κ2) is 9.01. The Balaban J connectivity index is 1.62. The number of esters is 1. The second-order valence-electron chi connectivity index (χ2n) is 6.30. The van der Waals surface area contributed by atoms with E-state index in [2.05, 4.69) is 19.8 Å². The fraction of sp³-hybridized carbons (Fsp3) is 0.263. The van der Waals surface area contributed by atoms with Gasteiger partial charge in [0.25, 0.3) is 5.89 Å². The second-order valence-corrected chi connectivity index (χ2v) is 8.01. The monoisotopic (exact) mass is 432 g/mol. The summed E-state index contributed by atoms with van der Waals surface area (Å²) in [6, 6.07) is 8.12. The molecule has 0 aliphatic heterocycles. The van der Waals surface area contributed by atoms with Crippen LogP contribution in [0.2, 0.25) is 0 Å². The van der Waals surface area contributed by atoms with E-state index in [1.807, 2.05) is 0 Å². The van der Waals surface area contributed by atoms with Gasteiger partial charge in [-0.3, -0.25) is 9.78 Å². The zero-order valence-corrected chi connectivity index (χ0v) is 17.3. The number of aromatic nitrogens is 3. The molecule has 0 aliphatic rings. The van der Waals surface area contributed by atoms with Crippen LogP contribution in [0.25, 0.3) is 11.4 Å². The molecule has 11 heteroatoms. The number of sulfonamides is 1. The van der Waals surface area contributed by atoms with E-state index < -0.39 is 28.1 Å². The summed E-state index contributed by atoms with van der Waals surface area (Å²) in [4.78, 5) is 20.5. The molecule has 1 N–H and O–H groups in total. The smallest absolute Gasteiger partial charge is 0.324 e. The third kappa shape index (κ3) is 4.99. The lowest BCUT2D eigenvalue weighted by Gasteiger charge is -2.16. The van der Waals surface area contributed by atoms with Crippen LogP contribution in [0.5, 0.6) is 5.75 Å². The maximum Gasteiger partial charge on any atom is 0.324 e. The zero-order valence-electron chi connectivity index (χ0n) is 16.5. The summed E-state index contributed by atoms with van der Waals surface area (Å²) in [6.07, 6.45) is 2.31. The predicted molar refractivity (Wildman–Crippen MR) is 105 cm³/mol. The van der Waals surface area contributed by atoms with E-state index in [0.29, 0.717) is 17.1 Å². The number of methoxy groups -OCH3 is 1. The number of carbonyl (C=O) groups is 1. The summed E-state index contributed by atoms with van der Waals surface area (Å²) in [5.74, 6) is 0.0998. The number of nitrogens with one attached hydrogen (secondary N) is 1. The van der Waals surface area contributed by atoms with Crippen molar-refractivity contribution in [1.82, 2.24) is 19.8 Å². The summed E-state index contributed by atoms with van der Waals surface area (Å²) >= 11 is 0. The van der Waals surface area contributed by atoms with Crippen LogP contribution in [0.4, 0.5) is 0 Å². The van der Waals surface area contributed by atoms with Crippen LogP contribution < -0.4 is 9.46 Å². The van der Waals surface area contributed by atoms with E-state index >= 15 is 0 Å².